The Morgan fingerprint density at radius 2 is 1.96 bits per heavy atom. The minimum atomic E-state index is -2.88. The lowest BCUT2D eigenvalue weighted by Crippen LogP contribution is -2.11. The number of alkyl halides is 2. The zero-order valence-corrected chi connectivity index (χ0v) is 16.6. The Labute approximate surface area is 169 Å². The Morgan fingerprint density at radius 1 is 1.21 bits per heavy atom. The zero-order chi connectivity index (χ0) is 20.6. The first-order valence-electron chi connectivity index (χ1n) is 8.89. The summed E-state index contributed by atoms with van der Waals surface area (Å²) < 4.78 is 38.5. The van der Waals surface area contributed by atoms with E-state index >= 15 is 0 Å². The number of allylic oxidation sites excluding steroid dienone is 1. The number of halogens is 3. The fraction of sp³-hybridized carbons (Fsp3) is 0.318. The van der Waals surface area contributed by atoms with Crippen molar-refractivity contribution in [2.75, 3.05) is 13.2 Å². The van der Waals surface area contributed by atoms with Gasteiger partial charge in [-0.25, -0.2) is 8.78 Å². The smallest absolute Gasteiger partial charge is 0.270 e. The lowest BCUT2D eigenvalue weighted by Gasteiger charge is -2.16. The van der Waals surface area contributed by atoms with Crippen LogP contribution in [0.25, 0.3) is 0 Å². The van der Waals surface area contributed by atoms with Gasteiger partial charge in [0.25, 0.3) is 5.92 Å². The molecule has 0 fully saturated rings. The van der Waals surface area contributed by atoms with Gasteiger partial charge in [-0.2, -0.15) is 5.26 Å². The highest BCUT2D eigenvalue weighted by Crippen LogP contribution is 2.30. The average Bonchev–Trinajstić information content (AvgIpc) is 2.65. The van der Waals surface area contributed by atoms with Crippen molar-refractivity contribution < 1.29 is 18.3 Å². The van der Waals surface area contributed by atoms with E-state index in [1.165, 1.54) is 6.07 Å². The summed E-state index contributed by atoms with van der Waals surface area (Å²) >= 11 is 5.74. The van der Waals surface area contributed by atoms with E-state index in [0.717, 1.165) is 6.92 Å². The maximum Gasteiger partial charge on any atom is 0.270 e. The number of nitrogens with zero attached hydrogens (tertiary/aromatic N) is 1. The van der Waals surface area contributed by atoms with Gasteiger partial charge in [-0.3, -0.25) is 0 Å². The maximum atomic E-state index is 13.7. The van der Waals surface area contributed by atoms with Crippen molar-refractivity contribution in [1.82, 2.24) is 0 Å². The molecule has 0 unspecified atom stereocenters. The second-order valence-corrected chi connectivity index (χ2v) is 6.97. The van der Waals surface area contributed by atoms with Crippen LogP contribution in [-0.2, 0) is 12.3 Å². The molecule has 0 aromatic heterocycles. The molecule has 2 rings (SSSR count). The first-order chi connectivity index (χ1) is 13.3. The minimum absolute atomic E-state index is 0.0375. The third-order valence-corrected chi connectivity index (χ3v) is 4.18. The highest BCUT2D eigenvalue weighted by Gasteiger charge is 2.26. The van der Waals surface area contributed by atoms with Crippen LogP contribution in [0.5, 0.6) is 11.5 Å². The largest absolute Gasteiger partial charge is 0.492 e. The molecule has 0 radical (unpaired) electrons. The predicted octanol–water partition coefficient (Wildman–Crippen LogP) is 6.20. The van der Waals surface area contributed by atoms with Crippen molar-refractivity contribution in [2.45, 2.75) is 32.6 Å². The summed E-state index contributed by atoms with van der Waals surface area (Å²) in [6, 6.07) is 13.6. The molecule has 3 nitrogen and oxygen atoms in total. The number of hydrogen-bond acceptors (Lipinski definition) is 3. The normalized spacial score (nSPS) is 11.8. The second-order valence-electron chi connectivity index (χ2n) is 6.37. The van der Waals surface area contributed by atoms with Gasteiger partial charge in [-0.1, -0.05) is 35.9 Å². The van der Waals surface area contributed by atoms with Crippen molar-refractivity contribution >= 4 is 11.6 Å². The molecule has 6 heteroatoms. The van der Waals surface area contributed by atoms with Crippen LogP contribution >= 0.6 is 11.6 Å². The Balaban J connectivity index is 1.93. The molecular formula is C22H22ClF2NO2. The van der Waals surface area contributed by atoms with Gasteiger partial charge in [0.05, 0.1) is 12.2 Å². The molecule has 0 aliphatic heterocycles. The van der Waals surface area contributed by atoms with Crippen LogP contribution in [0.4, 0.5) is 8.78 Å². The van der Waals surface area contributed by atoms with Crippen molar-refractivity contribution in [3.8, 4) is 17.6 Å². The van der Waals surface area contributed by atoms with Crippen molar-refractivity contribution in [3.63, 3.8) is 0 Å². The zero-order valence-electron chi connectivity index (χ0n) is 15.8. The summed E-state index contributed by atoms with van der Waals surface area (Å²) in [7, 11) is 0. The molecule has 2 aromatic rings. The molecule has 0 N–H and O–H groups in total. The Morgan fingerprint density at radius 3 is 2.64 bits per heavy atom. The first-order valence-corrected chi connectivity index (χ1v) is 9.27. The van der Waals surface area contributed by atoms with Gasteiger partial charge in [0, 0.05) is 23.6 Å². The second kappa shape index (κ2) is 10.1. The molecule has 2 aromatic carbocycles. The third kappa shape index (κ3) is 6.54. The van der Waals surface area contributed by atoms with Crippen molar-refractivity contribution in [3.05, 3.63) is 70.3 Å². The quantitative estimate of drug-likeness (QED) is 0.466. The lowest BCUT2D eigenvalue weighted by molar-refractivity contribution is 0.0165. The fourth-order valence-electron chi connectivity index (χ4n) is 2.68. The van der Waals surface area contributed by atoms with Crippen LogP contribution in [0, 0.1) is 11.3 Å². The van der Waals surface area contributed by atoms with E-state index in [4.69, 9.17) is 21.1 Å². The van der Waals surface area contributed by atoms with E-state index in [1.54, 1.807) is 49.4 Å². The van der Waals surface area contributed by atoms with E-state index in [9.17, 15) is 14.0 Å². The molecule has 0 aliphatic rings. The molecule has 0 saturated carbocycles. The average molecular weight is 406 g/mol. The van der Waals surface area contributed by atoms with Crippen LogP contribution in [-0.4, -0.2) is 13.2 Å². The standard InChI is InChI=1S/C22H22ClF2NO2/c1-16(23)11-13-27-19-9-10-21(18(14-19)15-26)28-12-5-7-17-6-3-4-8-20(17)22(2,24)25/h3-4,6,8-11,14H,5,7,12-13H2,1-2H3/b16-11+. The maximum absolute atomic E-state index is 13.7. The lowest BCUT2D eigenvalue weighted by atomic mass is 9.99. The van der Waals surface area contributed by atoms with Gasteiger partial charge in [0.15, 0.2) is 0 Å². The number of benzene rings is 2. The van der Waals surface area contributed by atoms with Crippen molar-refractivity contribution in [2.24, 2.45) is 0 Å². The molecule has 0 atom stereocenters. The predicted molar refractivity (Wildman–Crippen MR) is 106 cm³/mol. The van der Waals surface area contributed by atoms with Crippen molar-refractivity contribution in [1.29, 1.82) is 5.26 Å². The Kier molecular flexibility index (Phi) is 7.83. The van der Waals surface area contributed by atoms with Gasteiger partial charge in [0.2, 0.25) is 0 Å². The number of aryl methyl sites for hydroxylation is 1. The van der Waals surface area contributed by atoms with Gasteiger partial charge in [-0.05, 0) is 43.5 Å². The van der Waals surface area contributed by atoms with Gasteiger partial charge in [0.1, 0.15) is 24.2 Å². The SMILES string of the molecule is C/C(Cl)=C\COc1ccc(OCCCc2ccccc2C(C)(F)F)c(C#N)c1. The third-order valence-electron chi connectivity index (χ3n) is 4.02. The molecule has 148 valence electrons. The van der Waals surface area contributed by atoms with Crippen LogP contribution in [0.15, 0.2) is 53.6 Å². The number of rotatable bonds is 9. The van der Waals surface area contributed by atoms with E-state index in [2.05, 4.69) is 6.07 Å². The molecule has 0 saturated heterocycles. The van der Waals surface area contributed by atoms with E-state index in [1.807, 2.05) is 0 Å². The van der Waals surface area contributed by atoms with Gasteiger partial charge >= 0.3 is 0 Å². The van der Waals surface area contributed by atoms with E-state index in [0.29, 0.717) is 53.7 Å². The van der Waals surface area contributed by atoms with Crippen LogP contribution in [0.3, 0.4) is 0 Å². The Bertz CT molecular complexity index is 866. The van der Waals surface area contributed by atoms with Crippen LogP contribution in [0.2, 0.25) is 0 Å². The summed E-state index contributed by atoms with van der Waals surface area (Å²) in [6.07, 6.45) is 2.73. The van der Waals surface area contributed by atoms with E-state index in [-0.39, 0.29) is 5.56 Å². The topological polar surface area (TPSA) is 42.2 Å². The monoisotopic (exact) mass is 405 g/mol. The molecule has 0 bridgehead atoms. The molecular weight excluding hydrogens is 384 g/mol. The highest BCUT2D eigenvalue weighted by atomic mass is 35.5. The van der Waals surface area contributed by atoms with Gasteiger partial charge in [-0.15, -0.1) is 0 Å². The fourth-order valence-corrected chi connectivity index (χ4v) is 2.74. The summed E-state index contributed by atoms with van der Waals surface area (Å²) in [6.45, 7) is 3.27. The Hall–Kier alpha value is -2.58. The highest BCUT2D eigenvalue weighted by molar-refractivity contribution is 6.29. The summed E-state index contributed by atoms with van der Waals surface area (Å²) in [5, 5.41) is 9.94. The molecule has 0 aliphatic carbocycles. The first kappa shape index (κ1) is 21.7. The summed E-state index contributed by atoms with van der Waals surface area (Å²) in [5.74, 6) is -1.90. The minimum Gasteiger partial charge on any atom is -0.492 e. The summed E-state index contributed by atoms with van der Waals surface area (Å²) in [4.78, 5) is 0. The van der Waals surface area contributed by atoms with Gasteiger partial charge < -0.3 is 9.47 Å². The number of ether oxygens (including phenoxy) is 2. The summed E-state index contributed by atoms with van der Waals surface area (Å²) in [5.41, 5.74) is 0.991. The molecule has 28 heavy (non-hydrogen) atoms. The molecule has 0 heterocycles. The van der Waals surface area contributed by atoms with E-state index < -0.39 is 5.92 Å². The van der Waals surface area contributed by atoms with Crippen LogP contribution < -0.4 is 9.47 Å². The molecule has 0 amide bonds. The van der Waals surface area contributed by atoms with Crippen LogP contribution in [0.1, 0.15) is 37.0 Å². The number of hydrogen-bond donors (Lipinski definition) is 0. The molecule has 0 spiro atoms. The number of nitriles is 1.